The van der Waals surface area contributed by atoms with Gasteiger partial charge in [-0.05, 0) is 24.3 Å². The van der Waals surface area contributed by atoms with Crippen LogP contribution in [-0.2, 0) is 0 Å². The number of ketones is 1. The van der Waals surface area contributed by atoms with Gasteiger partial charge in [0.2, 0.25) is 0 Å². The Morgan fingerprint density at radius 3 is 1.94 bits per heavy atom. The van der Waals surface area contributed by atoms with E-state index in [9.17, 15) is 9.59 Å². The predicted molar refractivity (Wildman–Crippen MR) is 65.1 cm³/mol. The molecule has 2 aromatic rings. The fourth-order valence-electron chi connectivity index (χ4n) is 1.41. The molecular formula is C13H11N3O2. The van der Waals surface area contributed by atoms with Gasteiger partial charge < -0.3 is 5.32 Å². The van der Waals surface area contributed by atoms with Crippen LogP contribution in [0, 0.1) is 0 Å². The summed E-state index contributed by atoms with van der Waals surface area (Å²) in [5.41, 5.74) is 1.01. The van der Waals surface area contributed by atoms with Gasteiger partial charge in [0.05, 0.1) is 6.54 Å². The highest BCUT2D eigenvalue weighted by Crippen LogP contribution is 1.98. The lowest BCUT2D eigenvalue weighted by Crippen LogP contribution is -2.29. The molecule has 5 nitrogen and oxygen atoms in total. The third-order valence-corrected chi connectivity index (χ3v) is 2.35. The van der Waals surface area contributed by atoms with Gasteiger partial charge in [-0.15, -0.1) is 0 Å². The molecule has 0 atom stereocenters. The fourth-order valence-corrected chi connectivity index (χ4v) is 1.41. The van der Waals surface area contributed by atoms with Crippen LogP contribution >= 0.6 is 0 Å². The zero-order chi connectivity index (χ0) is 12.8. The summed E-state index contributed by atoms with van der Waals surface area (Å²) >= 11 is 0. The highest BCUT2D eigenvalue weighted by molar-refractivity contribution is 6.01. The van der Waals surface area contributed by atoms with E-state index >= 15 is 0 Å². The molecule has 0 aliphatic heterocycles. The van der Waals surface area contributed by atoms with Crippen molar-refractivity contribution in [1.82, 2.24) is 15.3 Å². The van der Waals surface area contributed by atoms with Crippen molar-refractivity contribution in [1.29, 1.82) is 0 Å². The average Bonchev–Trinajstić information content (AvgIpc) is 2.46. The van der Waals surface area contributed by atoms with Crippen molar-refractivity contribution in [3.63, 3.8) is 0 Å². The van der Waals surface area contributed by atoms with Crippen molar-refractivity contribution in [3.8, 4) is 0 Å². The molecule has 0 saturated heterocycles. The van der Waals surface area contributed by atoms with Crippen LogP contribution in [0.4, 0.5) is 0 Å². The molecule has 2 rings (SSSR count). The van der Waals surface area contributed by atoms with E-state index in [1.54, 1.807) is 24.3 Å². The van der Waals surface area contributed by atoms with E-state index < -0.39 is 0 Å². The minimum atomic E-state index is -0.292. The van der Waals surface area contributed by atoms with Gasteiger partial charge in [0.25, 0.3) is 5.91 Å². The molecule has 2 aromatic heterocycles. The molecule has 0 saturated carbocycles. The Hall–Kier alpha value is -2.56. The first-order valence-corrected chi connectivity index (χ1v) is 5.39. The lowest BCUT2D eigenvalue weighted by atomic mass is 10.2. The van der Waals surface area contributed by atoms with E-state index in [0.29, 0.717) is 11.1 Å². The number of hydrogen-bond acceptors (Lipinski definition) is 4. The van der Waals surface area contributed by atoms with Crippen LogP contribution in [0.5, 0.6) is 0 Å². The summed E-state index contributed by atoms with van der Waals surface area (Å²) in [6.45, 7) is -0.0365. The molecule has 0 spiro atoms. The number of hydrogen-bond donors (Lipinski definition) is 1. The molecule has 0 aromatic carbocycles. The minimum absolute atomic E-state index is 0.0365. The monoisotopic (exact) mass is 241 g/mol. The van der Waals surface area contributed by atoms with E-state index in [-0.39, 0.29) is 18.2 Å². The van der Waals surface area contributed by atoms with Crippen LogP contribution in [0.2, 0.25) is 0 Å². The van der Waals surface area contributed by atoms with Crippen LogP contribution in [0.15, 0.2) is 49.1 Å². The summed E-state index contributed by atoms with van der Waals surface area (Å²) in [4.78, 5) is 31.0. The first kappa shape index (κ1) is 11.9. The van der Waals surface area contributed by atoms with Crippen LogP contribution in [0.3, 0.4) is 0 Å². The number of Topliss-reactive ketones (excluding diaryl/α,β-unsaturated/α-hetero) is 1. The van der Waals surface area contributed by atoms with E-state index in [0.717, 1.165) is 0 Å². The maximum atomic E-state index is 11.7. The number of rotatable bonds is 4. The van der Waals surface area contributed by atoms with Crippen molar-refractivity contribution in [2.45, 2.75) is 0 Å². The van der Waals surface area contributed by atoms with E-state index in [1.165, 1.54) is 24.8 Å². The van der Waals surface area contributed by atoms with Crippen LogP contribution in [0.25, 0.3) is 0 Å². The molecule has 0 aliphatic rings. The zero-order valence-electron chi connectivity index (χ0n) is 9.54. The van der Waals surface area contributed by atoms with Gasteiger partial charge >= 0.3 is 0 Å². The first-order chi connectivity index (χ1) is 8.77. The maximum absolute atomic E-state index is 11.7. The van der Waals surface area contributed by atoms with Gasteiger partial charge in [-0.25, -0.2) is 0 Å². The number of pyridine rings is 2. The lowest BCUT2D eigenvalue weighted by molar-refractivity contribution is 0.0904. The summed E-state index contributed by atoms with van der Waals surface area (Å²) < 4.78 is 0. The summed E-state index contributed by atoms with van der Waals surface area (Å²) in [6.07, 6.45) is 6.13. The molecule has 1 N–H and O–H groups in total. The average molecular weight is 241 g/mol. The molecule has 5 heteroatoms. The van der Waals surface area contributed by atoms with Crippen molar-refractivity contribution in [3.05, 3.63) is 60.2 Å². The number of carbonyl (C=O) groups excluding carboxylic acids is 2. The van der Waals surface area contributed by atoms with Crippen LogP contribution in [-0.4, -0.2) is 28.2 Å². The molecular weight excluding hydrogens is 230 g/mol. The second kappa shape index (κ2) is 5.67. The normalized spacial score (nSPS) is 9.78. The Kier molecular flexibility index (Phi) is 3.76. The van der Waals surface area contributed by atoms with Gasteiger partial charge in [0, 0.05) is 35.9 Å². The summed E-state index contributed by atoms with van der Waals surface area (Å²) in [5.74, 6) is -0.445. The van der Waals surface area contributed by atoms with E-state index in [4.69, 9.17) is 0 Å². The Balaban J connectivity index is 1.93. The molecule has 0 bridgehead atoms. The molecule has 0 aliphatic carbocycles. The molecule has 1 amide bonds. The SMILES string of the molecule is O=C(CNC(=O)c1ccncc1)c1ccncc1. The lowest BCUT2D eigenvalue weighted by Gasteiger charge is -2.04. The Morgan fingerprint density at radius 2 is 1.39 bits per heavy atom. The topological polar surface area (TPSA) is 72.0 Å². The highest BCUT2D eigenvalue weighted by atomic mass is 16.2. The van der Waals surface area contributed by atoms with Gasteiger partial charge in [0.1, 0.15) is 0 Å². The van der Waals surface area contributed by atoms with Gasteiger partial charge in [-0.1, -0.05) is 0 Å². The number of carbonyl (C=O) groups is 2. The second-order valence-electron chi connectivity index (χ2n) is 3.58. The maximum Gasteiger partial charge on any atom is 0.251 e. The van der Waals surface area contributed by atoms with Gasteiger partial charge in [0.15, 0.2) is 5.78 Å². The van der Waals surface area contributed by atoms with Crippen LogP contribution < -0.4 is 5.32 Å². The smallest absolute Gasteiger partial charge is 0.251 e. The van der Waals surface area contributed by atoms with Gasteiger partial charge in [-0.2, -0.15) is 0 Å². The molecule has 0 fully saturated rings. The standard InChI is InChI=1S/C13H11N3O2/c17-12(10-1-5-14-6-2-10)9-16-13(18)11-3-7-15-8-4-11/h1-8H,9H2,(H,16,18). The number of aromatic nitrogens is 2. The first-order valence-electron chi connectivity index (χ1n) is 5.39. The van der Waals surface area contributed by atoms with Gasteiger partial charge in [-0.3, -0.25) is 19.6 Å². The van der Waals surface area contributed by atoms with E-state index in [1.807, 2.05) is 0 Å². The summed E-state index contributed by atoms with van der Waals surface area (Å²) in [6, 6.07) is 6.40. The number of nitrogens with zero attached hydrogens (tertiary/aromatic N) is 2. The van der Waals surface area contributed by atoms with E-state index in [2.05, 4.69) is 15.3 Å². The summed E-state index contributed by atoms with van der Waals surface area (Å²) in [5, 5.41) is 2.56. The van der Waals surface area contributed by atoms with Crippen molar-refractivity contribution in [2.24, 2.45) is 0 Å². The summed E-state index contributed by atoms with van der Waals surface area (Å²) in [7, 11) is 0. The third kappa shape index (κ3) is 2.98. The van der Waals surface area contributed by atoms with Crippen molar-refractivity contribution in [2.75, 3.05) is 6.54 Å². The molecule has 90 valence electrons. The molecule has 0 radical (unpaired) electrons. The number of nitrogens with one attached hydrogen (secondary N) is 1. The minimum Gasteiger partial charge on any atom is -0.345 e. The Bertz CT molecular complexity index is 489. The quantitative estimate of drug-likeness (QED) is 0.813. The van der Waals surface area contributed by atoms with Crippen molar-refractivity contribution >= 4 is 11.7 Å². The predicted octanol–water partition coefficient (Wildman–Crippen LogP) is 1.09. The highest BCUT2D eigenvalue weighted by Gasteiger charge is 2.09. The van der Waals surface area contributed by atoms with Crippen LogP contribution in [0.1, 0.15) is 20.7 Å². The number of amides is 1. The zero-order valence-corrected chi connectivity index (χ0v) is 9.54. The fraction of sp³-hybridized carbons (Fsp3) is 0.0769. The molecule has 18 heavy (non-hydrogen) atoms. The molecule has 2 heterocycles. The Morgan fingerprint density at radius 1 is 0.889 bits per heavy atom. The second-order valence-corrected chi connectivity index (χ2v) is 3.58. The van der Waals surface area contributed by atoms with Crippen molar-refractivity contribution < 1.29 is 9.59 Å². The third-order valence-electron chi connectivity index (χ3n) is 2.35. The Labute approximate surface area is 104 Å². The largest absolute Gasteiger partial charge is 0.345 e. The molecule has 0 unspecified atom stereocenters.